The van der Waals surface area contributed by atoms with E-state index >= 15 is 0 Å². The predicted molar refractivity (Wildman–Crippen MR) is 162 cm³/mol. The highest BCUT2D eigenvalue weighted by molar-refractivity contribution is 5.02. The Morgan fingerprint density at radius 1 is 0.0811 bits per heavy atom. The van der Waals surface area contributed by atoms with Gasteiger partial charge < -0.3 is 5.48 Å². The van der Waals surface area contributed by atoms with Crippen LogP contribution in [0.25, 0.3) is 0 Å². The van der Waals surface area contributed by atoms with Crippen molar-refractivity contribution in [3.05, 3.63) is 218 Å². The van der Waals surface area contributed by atoms with Gasteiger partial charge in [0.15, 0.2) is 0 Å². The van der Waals surface area contributed by atoms with Crippen molar-refractivity contribution < 1.29 is 5.48 Å². The molecule has 0 fully saturated rings. The summed E-state index contributed by atoms with van der Waals surface area (Å²) in [6, 6.07) is 72.0. The molecule has 1 heteroatoms. The molecule has 0 unspecified atom stereocenters. The van der Waals surface area contributed by atoms with Crippen molar-refractivity contribution in [2.75, 3.05) is 0 Å². The molecule has 6 aromatic rings. The van der Waals surface area contributed by atoms with Crippen LogP contribution in [0.5, 0.6) is 0 Å². The Kier molecular flexibility index (Phi) is 25.6. The SMILES string of the molecule is O.c1ccccc1.c1ccccc1.c1ccccc1.c1ccccc1.c1ccccc1.c1ccccc1. The summed E-state index contributed by atoms with van der Waals surface area (Å²) >= 11 is 0. The third-order valence-corrected chi connectivity index (χ3v) is 4.00. The van der Waals surface area contributed by atoms with Gasteiger partial charge in [-0.05, 0) is 0 Å². The maximum atomic E-state index is 2.00. The van der Waals surface area contributed by atoms with Crippen LogP contribution in [0.4, 0.5) is 0 Å². The van der Waals surface area contributed by atoms with Crippen molar-refractivity contribution in [1.82, 2.24) is 0 Å². The van der Waals surface area contributed by atoms with Gasteiger partial charge in [-0.1, -0.05) is 218 Å². The fourth-order valence-corrected chi connectivity index (χ4v) is 2.31. The van der Waals surface area contributed by atoms with Gasteiger partial charge in [-0.2, -0.15) is 0 Å². The fraction of sp³-hybridized carbons (Fsp3) is 0. The summed E-state index contributed by atoms with van der Waals surface area (Å²) in [6.07, 6.45) is 0. The highest BCUT2D eigenvalue weighted by Crippen LogP contribution is 1.82. The standard InChI is InChI=1S/6C6H6.H2O/c6*1-2-4-6-5-3-1;/h6*1-6H;1H2. The Labute approximate surface area is 223 Å². The second-order valence-corrected chi connectivity index (χ2v) is 6.93. The van der Waals surface area contributed by atoms with Gasteiger partial charge in [-0.25, -0.2) is 0 Å². The van der Waals surface area contributed by atoms with E-state index < -0.39 is 0 Å². The number of hydrogen-bond donors (Lipinski definition) is 0. The van der Waals surface area contributed by atoms with Crippen LogP contribution in [0.2, 0.25) is 0 Å². The molecule has 0 saturated heterocycles. The maximum absolute atomic E-state index is 2.00. The average Bonchev–Trinajstić information content (AvgIpc) is 3.04. The van der Waals surface area contributed by atoms with E-state index in [2.05, 4.69) is 0 Å². The second-order valence-electron chi connectivity index (χ2n) is 6.93. The topological polar surface area (TPSA) is 31.5 Å². The average molecular weight is 487 g/mol. The fourth-order valence-electron chi connectivity index (χ4n) is 2.31. The third-order valence-electron chi connectivity index (χ3n) is 4.00. The zero-order chi connectivity index (χ0) is 25.5. The van der Waals surface area contributed by atoms with Crippen LogP contribution >= 0.6 is 0 Å². The lowest BCUT2D eigenvalue weighted by Gasteiger charge is -1.69. The minimum atomic E-state index is 0. The summed E-state index contributed by atoms with van der Waals surface area (Å²) in [6.45, 7) is 0. The van der Waals surface area contributed by atoms with Gasteiger partial charge in [-0.3, -0.25) is 0 Å². The number of rotatable bonds is 0. The molecule has 0 heterocycles. The number of benzene rings is 6. The first kappa shape index (κ1) is 32.3. The summed E-state index contributed by atoms with van der Waals surface area (Å²) in [5.41, 5.74) is 0. The molecular formula is C36H38O. The van der Waals surface area contributed by atoms with Crippen LogP contribution in [-0.4, -0.2) is 5.48 Å². The molecule has 0 aliphatic heterocycles. The first-order valence-corrected chi connectivity index (χ1v) is 12.0. The lowest BCUT2D eigenvalue weighted by atomic mass is 10.4. The minimum absolute atomic E-state index is 0. The molecule has 2 N–H and O–H groups in total. The summed E-state index contributed by atoms with van der Waals surface area (Å²) in [5.74, 6) is 0. The van der Waals surface area contributed by atoms with Gasteiger partial charge in [0.1, 0.15) is 0 Å². The van der Waals surface area contributed by atoms with E-state index in [0.29, 0.717) is 0 Å². The van der Waals surface area contributed by atoms with Crippen LogP contribution in [0.1, 0.15) is 0 Å². The van der Waals surface area contributed by atoms with Gasteiger partial charge in [0.25, 0.3) is 0 Å². The van der Waals surface area contributed by atoms with Crippen LogP contribution in [0.3, 0.4) is 0 Å². The van der Waals surface area contributed by atoms with Crippen LogP contribution in [0, 0.1) is 0 Å². The van der Waals surface area contributed by atoms with Crippen molar-refractivity contribution in [3.63, 3.8) is 0 Å². The van der Waals surface area contributed by atoms with Crippen LogP contribution < -0.4 is 0 Å². The van der Waals surface area contributed by atoms with Crippen molar-refractivity contribution in [2.45, 2.75) is 0 Å². The van der Waals surface area contributed by atoms with Gasteiger partial charge >= 0.3 is 0 Å². The Balaban J connectivity index is 0.000000418. The summed E-state index contributed by atoms with van der Waals surface area (Å²) in [4.78, 5) is 0. The van der Waals surface area contributed by atoms with Crippen molar-refractivity contribution in [3.8, 4) is 0 Å². The molecular weight excluding hydrogens is 448 g/mol. The lowest BCUT2D eigenvalue weighted by molar-refractivity contribution is 0.824. The molecule has 6 aromatic carbocycles. The molecule has 0 bridgehead atoms. The van der Waals surface area contributed by atoms with E-state index in [0.717, 1.165) is 0 Å². The van der Waals surface area contributed by atoms with Crippen molar-refractivity contribution in [2.24, 2.45) is 0 Å². The largest absolute Gasteiger partial charge is 0.412 e. The van der Waals surface area contributed by atoms with Crippen molar-refractivity contribution >= 4 is 0 Å². The zero-order valence-electron chi connectivity index (χ0n) is 21.3. The minimum Gasteiger partial charge on any atom is -0.412 e. The van der Waals surface area contributed by atoms with Gasteiger partial charge in [0, 0.05) is 0 Å². The van der Waals surface area contributed by atoms with E-state index in [9.17, 15) is 0 Å². The predicted octanol–water partition coefficient (Wildman–Crippen LogP) is 9.29. The third kappa shape index (κ3) is 27.4. The molecule has 0 saturated carbocycles. The Hall–Kier alpha value is -4.72. The molecule has 0 radical (unpaired) electrons. The summed E-state index contributed by atoms with van der Waals surface area (Å²) in [5, 5.41) is 0. The highest BCUT2D eigenvalue weighted by Gasteiger charge is 1.60. The molecule has 0 spiro atoms. The summed E-state index contributed by atoms with van der Waals surface area (Å²) < 4.78 is 0. The summed E-state index contributed by atoms with van der Waals surface area (Å²) in [7, 11) is 0. The quantitative estimate of drug-likeness (QED) is 0.205. The normalized spacial score (nSPS) is 7.78. The Morgan fingerprint density at radius 3 is 0.135 bits per heavy atom. The smallest absolute Gasteiger partial charge is 0.0623 e. The molecule has 188 valence electrons. The van der Waals surface area contributed by atoms with E-state index in [1.807, 2.05) is 218 Å². The molecule has 0 amide bonds. The lowest BCUT2D eigenvalue weighted by Crippen LogP contribution is -1.47. The van der Waals surface area contributed by atoms with Gasteiger partial charge in [0.2, 0.25) is 0 Å². The molecule has 0 aliphatic rings. The first-order valence-electron chi connectivity index (χ1n) is 12.0. The van der Waals surface area contributed by atoms with Crippen LogP contribution in [-0.2, 0) is 0 Å². The highest BCUT2D eigenvalue weighted by atomic mass is 16.0. The molecule has 0 aromatic heterocycles. The molecule has 0 atom stereocenters. The van der Waals surface area contributed by atoms with E-state index in [-0.39, 0.29) is 5.48 Å². The van der Waals surface area contributed by atoms with E-state index in [1.165, 1.54) is 0 Å². The molecule has 0 aliphatic carbocycles. The van der Waals surface area contributed by atoms with Gasteiger partial charge in [-0.15, -0.1) is 0 Å². The van der Waals surface area contributed by atoms with Crippen LogP contribution in [0.15, 0.2) is 218 Å². The molecule has 1 nitrogen and oxygen atoms in total. The van der Waals surface area contributed by atoms with E-state index in [1.54, 1.807) is 0 Å². The monoisotopic (exact) mass is 486 g/mol. The zero-order valence-corrected chi connectivity index (χ0v) is 21.3. The number of hydrogen-bond acceptors (Lipinski definition) is 0. The Bertz CT molecular complexity index is 683. The first-order chi connectivity index (χ1) is 18.0. The maximum Gasteiger partial charge on any atom is -0.0623 e. The molecule has 37 heavy (non-hydrogen) atoms. The van der Waals surface area contributed by atoms with Crippen molar-refractivity contribution in [1.29, 1.82) is 0 Å². The second kappa shape index (κ2) is 29.3. The van der Waals surface area contributed by atoms with Gasteiger partial charge in [0.05, 0.1) is 0 Å². The molecule has 6 rings (SSSR count). The Morgan fingerprint density at radius 2 is 0.108 bits per heavy atom. The van der Waals surface area contributed by atoms with E-state index in [4.69, 9.17) is 0 Å².